The molecule has 1 aromatic carbocycles. The van der Waals surface area contributed by atoms with E-state index in [1.54, 1.807) is 13.2 Å². The Morgan fingerprint density at radius 3 is 3.11 bits per heavy atom. The molecule has 0 atom stereocenters. The lowest BCUT2D eigenvalue weighted by molar-refractivity contribution is 0.0934. The molecule has 0 spiro atoms. The number of Topliss-reactive ketones (excluding diaryl/α,β-unsaturated/α-hetero) is 1. The molecule has 0 radical (unpaired) electrons. The molecule has 1 fully saturated rings. The fourth-order valence-corrected chi connectivity index (χ4v) is 2.15. The van der Waals surface area contributed by atoms with Crippen molar-refractivity contribution < 1.29 is 9.53 Å². The van der Waals surface area contributed by atoms with Gasteiger partial charge in [-0.25, -0.2) is 0 Å². The number of methoxy groups -OCH3 is 1. The van der Waals surface area contributed by atoms with Crippen LogP contribution in [0, 0.1) is 0 Å². The van der Waals surface area contributed by atoms with Crippen LogP contribution in [0.2, 0.25) is 0 Å². The summed E-state index contributed by atoms with van der Waals surface area (Å²) in [6.07, 6.45) is 1.10. The molecule has 4 nitrogen and oxygen atoms in total. The molecule has 0 amide bonds. The van der Waals surface area contributed by atoms with Gasteiger partial charge in [0.1, 0.15) is 5.75 Å². The summed E-state index contributed by atoms with van der Waals surface area (Å²) in [6, 6.07) is 7.36. The molecule has 0 saturated carbocycles. The van der Waals surface area contributed by atoms with Gasteiger partial charge in [-0.05, 0) is 31.6 Å². The molecule has 4 heteroatoms. The number of carbonyl (C=O) groups excluding carboxylic acids is 1. The molecule has 0 bridgehead atoms. The molecule has 98 valence electrons. The number of rotatable bonds is 4. The molecule has 0 unspecified atom stereocenters. The Bertz CT molecular complexity index is 399. The maximum absolute atomic E-state index is 12.2. The van der Waals surface area contributed by atoms with Crippen molar-refractivity contribution >= 4 is 5.78 Å². The van der Waals surface area contributed by atoms with Gasteiger partial charge < -0.3 is 10.1 Å². The van der Waals surface area contributed by atoms with Gasteiger partial charge in [0, 0.05) is 18.7 Å². The lowest BCUT2D eigenvalue weighted by Gasteiger charge is -2.18. The summed E-state index contributed by atoms with van der Waals surface area (Å²) in [7, 11) is 1.62. The highest BCUT2D eigenvalue weighted by Gasteiger charge is 2.14. The molecule has 1 aromatic rings. The van der Waals surface area contributed by atoms with E-state index in [4.69, 9.17) is 4.74 Å². The van der Waals surface area contributed by atoms with Crippen molar-refractivity contribution in [2.24, 2.45) is 0 Å². The molecule has 1 N–H and O–H groups in total. The molecule has 18 heavy (non-hydrogen) atoms. The third-order valence-electron chi connectivity index (χ3n) is 3.19. The highest BCUT2D eigenvalue weighted by atomic mass is 16.5. The second-order valence-corrected chi connectivity index (χ2v) is 4.53. The van der Waals surface area contributed by atoms with Crippen LogP contribution in [-0.4, -0.2) is 50.5 Å². The summed E-state index contributed by atoms with van der Waals surface area (Å²) in [4.78, 5) is 14.4. The number of benzene rings is 1. The smallest absolute Gasteiger partial charge is 0.176 e. The molecule has 2 rings (SSSR count). The normalized spacial score (nSPS) is 17.2. The molecular weight excluding hydrogens is 228 g/mol. The van der Waals surface area contributed by atoms with E-state index in [-0.39, 0.29) is 5.78 Å². The van der Waals surface area contributed by atoms with E-state index >= 15 is 0 Å². The molecule has 1 saturated heterocycles. The molecule has 0 aromatic heterocycles. The van der Waals surface area contributed by atoms with Crippen molar-refractivity contribution in [1.82, 2.24) is 10.2 Å². The average molecular weight is 248 g/mol. The Morgan fingerprint density at radius 2 is 2.28 bits per heavy atom. The van der Waals surface area contributed by atoms with Gasteiger partial charge in [0.15, 0.2) is 5.78 Å². The SMILES string of the molecule is COc1cccc(C(=O)CN2CCCNCC2)c1. The van der Waals surface area contributed by atoms with Crippen molar-refractivity contribution in [3.8, 4) is 5.75 Å². The quantitative estimate of drug-likeness (QED) is 0.812. The number of ketones is 1. The van der Waals surface area contributed by atoms with Gasteiger partial charge in [0.25, 0.3) is 0 Å². The topological polar surface area (TPSA) is 41.6 Å². The predicted molar refractivity (Wildman–Crippen MR) is 71.3 cm³/mol. The van der Waals surface area contributed by atoms with Crippen molar-refractivity contribution in [2.75, 3.05) is 39.8 Å². The second-order valence-electron chi connectivity index (χ2n) is 4.53. The lowest BCUT2D eigenvalue weighted by atomic mass is 10.1. The number of nitrogens with one attached hydrogen (secondary N) is 1. The van der Waals surface area contributed by atoms with Gasteiger partial charge in [0.05, 0.1) is 13.7 Å². The summed E-state index contributed by atoms with van der Waals surface area (Å²) < 4.78 is 5.14. The Morgan fingerprint density at radius 1 is 1.39 bits per heavy atom. The Hall–Kier alpha value is -1.39. The van der Waals surface area contributed by atoms with Crippen LogP contribution in [-0.2, 0) is 0 Å². The van der Waals surface area contributed by atoms with Crippen molar-refractivity contribution in [2.45, 2.75) is 6.42 Å². The van der Waals surface area contributed by atoms with Crippen LogP contribution in [0.3, 0.4) is 0 Å². The minimum atomic E-state index is 0.163. The zero-order chi connectivity index (χ0) is 12.8. The third-order valence-corrected chi connectivity index (χ3v) is 3.19. The van der Waals surface area contributed by atoms with Crippen LogP contribution in [0.25, 0.3) is 0 Å². The van der Waals surface area contributed by atoms with Crippen LogP contribution < -0.4 is 10.1 Å². The Balaban J connectivity index is 1.97. The Labute approximate surface area is 108 Å². The number of hydrogen-bond donors (Lipinski definition) is 1. The van der Waals surface area contributed by atoms with Gasteiger partial charge in [-0.2, -0.15) is 0 Å². The van der Waals surface area contributed by atoms with Crippen LogP contribution in [0.15, 0.2) is 24.3 Å². The fraction of sp³-hybridized carbons (Fsp3) is 0.500. The van der Waals surface area contributed by atoms with Crippen LogP contribution in [0.4, 0.5) is 0 Å². The van der Waals surface area contributed by atoms with E-state index in [2.05, 4.69) is 10.2 Å². The molecule has 0 aliphatic carbocycles. The first-order valence-electron chi connectivity index (χ1n) is 6.40. The molecule has 1 aliphatic heterocycles. The van der Waals surface area contributed by atoms with E-state index in [9.17, 15) is 4.79 Å². The first-order chi connectivity index (χ1) is 8.79. The van der Waals surface area contributed by atoms with E-state index in [0.717, 1.165) is 43.9 Å². The van der Waals surface area contributed by atoms with E-state index in [1.807, 2.05) is 18.2 Å². The Kier molecular flexibility index (Phi) is 4.73. The maximum Gasteiger partial charge on any atom is 0.176 e. The number of hydrogen-bond acceptors (Lipinski definition) is 4. The average Bonchev–Trinajstić information content (AvgIpc) is 2.67. The first kappa shape index (κ1) is 13.1. The summed E-state index contributed by atoms with van der Waals surface area (Å²) in [5.41, 5.74) is 0.728. The summed E-state index contributed by atoms with van der Waals surface area (Å²) in [5.74, 6) is 0.897. The summed E-state index contributed by atoms with van der Waals surface area (Å²) in [6.45, 7) is 4.43. The van der Waals surface area contributed by atoms with Crippen molar-refractivity contribution in [1.29, 1.82) is 0 Å². The first-order valence-corrected chi connectivity index (χ1v) is 6.40. The molecule has 1 heterocycles. The lowest BCUT2D eigenvalue weighted by Crippen LogP contribution is -2.33. The third kappa shape index (κ3) is 3.55. The van der Waals surface area contributed by atoms with Gasteiger partial charge in [-0.1, -0.05) is 12.1 Å². The van der Waals surface area contributed by atoms with Gasteiger partial charge in [-0.3, -0.25) is 9.69 Å². The standard InChI is InChI=1S/C14H20N2O2/c1-18-13-5-2-4-12(10-13)14(17)11-16-8-3-6-15-7-9-16/h2,4-5,10,15H,3,6-9,11H2,1H3. The van der Waals surface area contributed by atoms with Crippen molar-refractivity contribution in [3.05, 3.63) is 29.8 Å². The summed E-state index contributed by atoms with van der Waals surface area (Å²) in [5, 5.41) is 3.34. The largest absolute Gasteiger partial charge is 0.497 e. The predicted octanol–water partition coefficient (Wildman–Crippen LogP) is 1.17. The summed E-state index contributed by atoms with van der Waals surface area (Å²) >= 11 is 0. The highest BCUT2D eigenvalue weighted by molar-refractivity contribution is 5.97. The fourth-order valence-electron chi connectivity index (χ4n) is 2.15. The zero-order valence-electron chi connectivity index (χ0n) is 10.8. The number of carbonyl (C=O) groups is 1. The van der Waals surface area contributed by atoms with Crippen molar-refractivity contribution in [3.63, 3.8) is 0 Å². The van der Waals surface area contributed by atoms with Crippen LogP contribution in [0.1, 0.15) is 16.8 Å². The minimum absolute atomic E-state index is 0.163. The number of nitrogens with zero attached hydrogens (tertiary/aromatic N) is 1. The minimum Gasteiger partial charge on any atom is -0.497 e. The zero-order valence-corrected chi connectivity index (χ0v) is 10.8. The van der Waals surface area contributed by atoms with Gasteiger partial charge in [-0.15, -0.1) is 0 Å². The monoisotopic (exact) mass is 248 g/mol. The van der Waals surface area contributed by atoms with Gasteiger partial charge >= 0.3 is 0 Å². The maximum atomic E-state index is 12.2. The van der Waals surface area contributed by atoms with Crippen LogP contribution in [0.5, 0.6) is 5.75 Å². The van der Waals surface area contributed by atoms with E-state index in [0.29, 0.717) is 6.54 Å². The van der Waals surface area contributed by atoms with E-state index in [1.165, 1.54) is 0 Å². The van der Waals surface area contributed by atoms with E-state index < -0.39 is 0 Å². The molecule has 1 aliphatic rings. The van der Waals surface area contributed by atoms with Gasteiger partial charge in [0.2, 0.25) is 0 Å². The highest BCUT2D eigenvalue weighted by Crippen LogP contribution is 2.13. The second kappa shape index (κ2) is 6.52. The van der Waals surface area contributed by atoms with Crippen LogP contribution >= 0.6 is 0 Å². The number of ether oxygens (including phenoxy) is 1. The molecular formula is C14H20N2O2.